The third-order valence-electron chi connectivity index (χ3n) is 2.00. The summed E-state index contributed by atoms with van der Waals surface area (Å²) in [6, 6.07) is 0. The fourth-order valence-corrected chi connectivity index (χ4v) is 1.48. The molecule has 1 aliphatic carbocycles. The summed E-state index contributed by atoms with van der Waals surface area (Å²) >= 11 is 0. The topological polar surface area (TPSA) is 3.24 Å². The summed E-state index contributed by atoms with van der Waals surface area (Å²) in [5.74, 6) is 0. The molecule has 0 aliphatic heterocycles. The van der Waals surface area contributed by atoms with E-state index in [-0.39, 0.29) is 0 Å². The van der Waals surface area contributed by atoms with E-state index in [0.29, 0.717) is 0 Å². The molecule has 0 fully saturated rings. The van der Waals surface area contributed by atoms with Crippen LogP contribution in [0, 0.1) is 0 Å². The summed E-state index contributed by atoms with van der Waals surface area (Å²) in [6.45, 7) is 10.2. The van der Waals surface area contributed by atoms with Crippen molar-refractivity contribution in [3.8, 4) is 0 Å². The summed E-state index contributed by atoms with van der Waals surface area (Å²) in [5, 5.41) is 0. The second-order valence-electron chi connectivity index (χ2n) is 2.98. The molecule has 0 amide bonds. The van der Waals surface area contributed by atoms with Crippen LogP contribution in [0.4, 0.5) is 0 Å². The van der Waals surface area contributed by atoms with Crippen LogP contribution in [0.2, 0.25) is 0 Å². The van der Waals surface area contributed by atoms with Crippen molar-refractivity contribution in [3.63, 3.8) is 0 Å². The van der Waals surface area contributed by atoms with E-state index in [1.165, 1.54) is 19.3 Å². The lowest BCUT2D eigenvalue weighted by molar-refractivity contribution is 0.493. The first-order chi connectivity index (χ1) is 6.22. The Labute approximate surface area is 84.8 Å². The Hall–Kier alpha value is -0.460. The fourth-order valence-electron chi connectivity index (χ4n) is 1.48. The highest BCUT2D eigenvalue weighted by atomic mass is 15.1. The zero-order valence-electron chi connectivity index (χ0n) is 10.6. The Kier molecular flexibility index (Phi) is 11.1. The smallest absolute Gasteiger partial charge is 0.0117 e. The molecule has 0 spiro atoms. The Morgan fingerprint density at radius 2 is 1.38 bits per heavy atom. The second kappa shape index (κ2) is 9.63. The highest BCUT2D eigenvalue weighted by Crippen LogP contribution is 2.25. The van der Waals surface area contributed by atoms with Gasteiger partial charge in [-0.3, -0.25) is 0 Å². The van der Waals surface area contributed by atoms with Gasteiger partial charge in [-0.2, -0.15) is 0 Å². The van der Waals surface area contributed by atoms with Gasteiger partial charge < -0.3 is 4.90 Å². The first-order valence-electron chi connectivity index (χ1n) is 5.58. The standard InChI is InChI=1S/C8H15N.2C2H6/c1-7-5-4-6-8(7)9(2)3;2*1-2/h4-6H2,1-3H3;2*1-2H3. The molecular weight excluding hydrogens is 158 g/mol. The average Bonchev–Trinajstić information content (AvgIpc) is 2.58. The van der Waals surface area contributed by atoms with Crippen LogP contribution in [-0.2, 0) is 0 Å². The number of rotatable bonds is 1. The third-order valence-corrected chi connectivity index (χ3v) is 2.00. The molecule has 1 aliphatic rings. The molecule has 0 radical (unpaired) electrons. The van der Waals surface area contributed by atoms with Crippen molar-refractivity contribution in [2.45, 2.75) is 53.9 Å². The third kappa shape index (κ3) is 5.73. The highest BCUT2D eigenvalue weighted by Gasteiger charge is 2.10. The first-order valence-corrected chi connectivity index (χ1v) is 5.58. The van der Waals surface area contributed by atoms with E-state index in [4.69, 9.17) is 0 Å². The van der Waals surface area contributed by atoms with E-state index in [9.17, 15) is 0 Å². The Morgan fingerprint density at radius 1 is 0.923 bits per heavy atom. The molecule has 1 rings (SSSR count). The van der Waals surface area contributed by atoms with E-state index in [0.717, 1.165) is 0 Å². The SMILES string of the molecule is CC.CC.CC1=C(N(C)C)CCC1. The number of hydrogen-bond donors (Lipinski definition) is 0. The lowest BCUT2D eigenvalue weighted by atomic mass is 10.2. The molecule has 0 bridgehead atoms. The van der Waals surface area contributed by atoms with Crippen molar-refractivity contribution in [1.82, 2.24) is 4.90 Å². The zero-order chi connectivity index (χ0) is 10.9. The zero-order valence-corrected chi connectivity index (χ0v) is 10.6. The van der Waals surface area contributed by atoms with Crippen LogP contribution >= 0.6 is 0 Å². The molecule has 0 heterocycles. The van der Waals surface area contributed by atoms with E-state index >= 15 is 0 Å². The maximum atomic E-state index is 2.24. The molecule has 1 nitrogen and oxygen atoms in total. The van der Waals surface area contributed by atoms with Gasteiger partial charge in [-0.25, -0.2) is 0 Å². The predicted molar refractivity (Wildman–Crippen MR) is 62.9 cm³/mol. The van der Waals surface area contributed by atoms with Crippen LogP contribution in [0.5, 0.6) is 0 Å². The number of nitrogens with zero attached hydrogens (tertiary/aromatic N) is 1. The molecule has 0 aromatic rings. The number of allylic oxidation sites excluding steroid dienone is 2. The fraction of sp³-hybridized carbons (Fsp3) is 0.833. The molecule has 1 heteroatoms. The van der Waals surface area contributed by atoms with Gasteiger partial charge in [-0.15, -0.1) is 0 Å². The Bertz CT molecular complexity index is 134. The van der Waals surface area contributed by atoms with Gasteiger partial charge in [0.2, 0.25) is 0 Å². The van der Waals surface area contributed by atoms with E-state index in [1.807, 2.05) is 27.7 Å². The van der Waals surface area contributed by atoms with Crippen molar-refractivity contribution < 1.29 is 0 Å². The van der Waals surface area contributed by atoms with E-state index in [1.54, 1.807) is 11.3 Å². The van der Waals surface area contributed by atoms with Crippen molar-refractivity contribution in [2.24, 2.45) is 0 Å². The van der Waals surface area contributed by atoms with Gasteiger partial charge in [0.25, 0.3) is 0 Å². The monoisotopic (exact) mass is 185 g/mol. The van der Waals surface area contributed by atoms with Crippen LogP contribution in [0.1, 0.15) is 53.9 Å². The lowest BCUT2D eigenvalue weighted by Gasteiger charge is -2.14. The second-order valence-corrected chi connectivity index (χ2v) is 2.98. The molecule has 0 N–H and O–H groups in total. The molecule has 0 saturated carbocycles. The van der Waals surface area contributed by atoms with Crippen molar-refractivity contribution >= 4 is 0 Å². The largest absolute Gasteiger partial charge is 0.381 e. The summed E-state index contributed by atoms with van der Waals surface area (Å²) in [5.41, 5.74) is 3.13. The van der Waals surface area contributed by atoms with Gasteiger partial charge in [-0.1, -0.05) is 33.3 Å². The van der Waals surface area contributed by atoms with Gasteiger partial charge >= 0.3 is 0 Å². The Morgan fingerprint density at radius 3 is 1.54 bits per heavy atom. The van der Waals surface area contributed by atoms with Gasteiger partial charge in [0.1, 0.15) is 0 Å². The molecule has 13 heavy (non-hydrogen) atoms. The van der Waals surface area contributed by atoms with E-state index in [2.05, 4.69) is 25.9 Å². The summed E-state index contributed by atoms with van der Waals surface area (Å²) in [7, 11) is 4.26. The van der Waals surface area contributed by atoms with Crippen LogP contribution in [0.25, 0.3) is 0 Å². The molecule has 0 aromatic carbocycles. The van der Waals surface area contributed by atoms with Crippen LogP contribution in [0.3, 0.4) is 0 Å². The highest BCUT2D eigenvalue weighted by molar-refractivity contribution is 5.15. The normalized spacial score (nSPS) is 14.1. The lowest BCUT2D eigenvalue weighted by Crippen LogP contribution is -2.09. The summed E-state index contributed by atoms with van der Waals surface area (Å²) in [4.78, 5) is 2.24. The number of hydrogen-bond acceptors (Lipinski definition) is 1. The molecule has 80 valence electrons. The van der Waals surface area contributed by atoms with Gasteiger partial charge in [0, 0.05) is 19.8 Å². The molecule has 0 aromatic heterocycles. The minimum Gasteiger partial charge on any atom is -0.381 e. The minimum absolute atomic E-state index is 1.29. The van der Waals surface area contributed by atoms with E-state index < -0.39 is 0 Å². The van der Waals surface area contributed by atoms with Crippen LogP contribution < -0.4 is 0 Å². The summed E-state index contributed by atoms with van der Waals surface area (Å²) in [6.07, 6.45) is 3.96. The van der Waals surface area contributed by atoms with Crippen molar-refractivity contribution in [2.75, 3.05) is 14.1 Å². The maximum absolute atomic E-state index is 2.24. The predicted octanol–water partition coefficient (Wildman–Crippen LogP) is 4.06. The van der Waals surface area contributed by atoms with Crippen molar-refractivity contribution in [1.29, 1.82) is 0 Å². The Balaban J connectivity index is 0. The molecule has 0 atom stereocenters. The molecule has 0 saturated heterocycles. The van der Waals surface area contributed by atoms with Crippen molar-refractivity contribution in [3.05, 3.63) is 11.3 Å². The molecular formula is C12H27N. The quantitative estimate of drug-likeness (QED) is 0.595. The average molecular weight is 185 g/mol. The van der Waals surface area contributed by atoms with Gasteiger partial charge in [0.05, 0.1) is 0 Å². The first kappa shape index (κ1) is 15.0. The van der Waals surface area contributed by atoms with Gasteiger partial charge in [-0.05, 0) is 26.2 Å². The van der Waals surface area contributed by atoms with Crippen LogP contribution in [0.15, 0.2) is 11.3 Å². The minimum atomic E-state index is 1.29. The summed E-state index contributed by atoms with van der Waals surface area (Å²) < 4.78 is 0. The van der Waals surface area contributed by atoms with Gasteiger partial charge in [0.15, 0.2) is 0 Å². The maximum Gasteiger partial charge on any atom is 0.0117 e. The van der Waals surface area contributed by atoms with Crippen LogP contribution in [-0.4, -0.2) is 19.0 Å². The molecule has 0 unspecified atom stereocenters.